The standard InChI is InChI=1S/C52H48N2Si/c1-8-18-43-37(4)52(47-24-15-12-22-44(43)47)48-25-16-13-23-45(48)46-32-29-40(34-49(46)52)53(39-27-30-41(31-28-39)55(5,6)7)35(2)33-51-36(3)42-21-14-17-26-50(42)54(51)38-19-10-9-11-20-38/h8-34H,1-7H3/b18-8-,35-33+. The summed E-state index contributed by atoms with van der Waals surface area (Å²) in [6, 6.07) is 54.3. The van der Waals surface area contributed by atoms with Crippen LogP contribution in [-0.4, -0.2) is 12.6 Å². The number of anilines is 2. The van der Waals surface area contributed by atoms with Gasteiger partial charge in [-0.3, -0.25) is 0 Å². The molecule has 55 heavy (non-hydrogen) atoms. The molecule has 0 N–H and O–H groups in total. The van der Waals surface area contributed by atoms with E-state index in [-0.39, 0.29) is 5.41 Å². The van der Waals surface area contributed by atoms with Gasteiger partial charge in [0, 0.05) is 28.1 Å². The van der Waals surface area contributed by atoms with Crippen LogP contribution in [-0.2, 0) is 5.41 Å². The van der Waals surface area contributed by atoms with E-state index in [1.54, 1.807) is 0 Å². The van der Waals surface area contributed by atoms with E-state index in [4.69, 9.17) is 0 Å². The first-order valence-corrected chi connectivity index (χ1v) is 23.1. The van der Waals surface area contributed by atoms with Crippen LogP contribution in [0.2, 0.25) is 19.6 Å². The molecule has 0 radical (unpaired) electrons. The number of fused-ring (bicyclic) bond motifs is 8. The molecule has 7 aromatic rings. The number of hydrogen-bond acceptors (Lipinski definition) is 1. The van der Waals surface area contributed by atoms with Crippen molar-refractivity contribution in [2.24, 2.45) is 0 Å². The van der Waals surface area contributed by atoms with Gasteiger partial charge in [-0.15, -0.1) is 0 Å². The Morgan fingerprint density at radius 2 is 1.24 bits per heavy atom. The average Bonchev–Trinajstić information content (AvgIpc) is 3.75. The fourth-order valence-corrected chi connectivity index (χ4v) is 10.7. The van der Waals surface area contributed by atoms with Crippen LogP contribution in [0.3, 0.4) is 0 Å². The van der Waals surface area contributed by atoms with Gasteiger partial charge in [-0.1, -0.05) is 140 Å². The first-order valence-electron chi connectivity index (χ1n) is 19.6. The molecule has 1 spiro atoms. The van der Waals surface area contributed by atoms with Crippen LogP contribution in [0.15, 0.2) is 169 Å². The Bertz CT molecular complexity index is 2720. The summed E-state index contributed by atoms with van der Waals surface area (Å²) in [7, 11) is -1.50. The van der Waals surface area contributed by atoms with Crippen LogP contribution < -0.4 is 10.1 Å². The lowest BCUT2D eigenvalue weighted by Crippen LogP contribution is -2.37. The number of allylic oxidation sites excluding steroid dienone is 5. The topological polar surface area (TPSA) is 8.17 Å². The zero-order chi connectivity index (χ0) is 38.1. The summed E-state index contributed by atoms with van der Waals surface area (Å²) in [5.74, 6) is 0. The third kappa shape index (κ3) is 5.28. The fraction of sp³-hybridized carbons (Fsp3) is 0.154. The number of nitrogens with zero attached hydrogens (tertiary/aromatic N) is 2. The van der Waals surface area contributed by atoms with E-state index in [0.717, 1.165) is 22.8 Å². The molecule has 3 heteroatoms. The molecule has 0 amide bonds. The van der Waals surface area contributed by atoms with Gasteiger partial charge in [0.1, 0.15) is 0 Å². The van der Waals surface area contributed by atoms with Gasteiger partial charge in [0.05, 0.1) is 24.7 Å². The van der Waals surface area contributed by atoms with Crippen molar-refractivity contribution in [3.05, 3.63) is 203 Å². The number of aromatic nitrogens is 1. The van der Waals surface area contributed by atoms with Gasteiger partial charge in [-0.05, 0) is 126 Å². The molecule has 0 bridgehead atoms. The number of rotatable bonds is 7. The number of para-hydroxylation sites is 2. The third-order valence-electron chi connectivity index (χ3n) is 12.1. The van der Waals surface area contributed by atoms with Crippen LogP contribution >= 0.6 is 0 Å². The van der Waals surface area contributed by atoms with Crippen molar-refractivity contribution in [3.63, 3.8) is 0 Å². The Morgan fingerprint density at radius 3 is 1.95 bits per heavy atom. The minimum Gasteiger partial charge on any atom is -0.314 e. The molecule has 2 nitrogen and oxygen atoms in total. The molecule has 2 aliphatic rings. The summed E-state index contributed by atoms with van der Waals surface area (Å²) < 4.78 is 2.42. The Balaban J connectivity index is 1.30. The minimum atomic E-state index is -1.50. The van der Waals surface area contributed by atoms with Crippen LogP contribution in [0, 0.1) is 6.92 Å². The van der Waals surface area contributed by atoms with E-state index < -0.39 is 8.07 Å². The van der Waals surface area contributed by atoms with Crippen LogP contribution in [0.4, 0.5) is 11.4 Å². The minimum absolute atomic E-state index is 0.380. The van der Waals surface area contributed by atoms with Crippen molar-refractivity contribution >= 4 is 47.2 Å². The summed E-state index contributed by atoms with van der Waals surface area (Å²) in [5.41, 5.74) is 18.7. The van der Waals surface area contributed by atoms with Crippen molar-refractivity contribution in [2.75, 3.05) is 4.90 Å². The molecule has 1 atom stereocenters. The third-order valence-corrected chi connectivity index (χ3v) is 14.2. The van der Waals surface area contributed by atoms with Gasteiger partial charge in [0.2, 0.25) is 0 Å². The molecule has 1 aromatic heterocycles. The number of aryl methyl sites for hydroxylation is 1. The summed E-state index contributed by atoms with van der Waals surface area (Å²) in [6.07, 6.45) is 6.89. The SMILES string of the molecule is C/C=C\C1=C(C)C2(c3ccccc31)c1ccccc1-c1ccc(N(/C(C)=C/c3c(C)c4ccccc4n3-c3ccccc3)c3ccc([Si](C)(C)C)cc3)cc12. The predicted octanol–water partition coefficient (Wildman–Crippen LogP) is 13.4. The van der Waals surface area contributed by atoms with Gasteiger partial charge in [-0.2, -0.15) is 0 Å². The number of hydrogen-bond donors (Lipinski definition) is 0. The fourth-order valence-electron chi connectivity index (χ4n) is 9.51. The largest absolute Gasteiger partial charge is 0.314 e. The van der Waals surface area contributed by atoms with Crippen LogP contribution in [0.1, 0.15) is 54.3 Å². The highest BCUT2D eigenvalue weighted by Crippen LogP contribution is 2.62. The quantitative estimate of drug-likeness (QED) is 0.148. The number of benzene rings is 6. The second-order valence-corrected chi connectivity index (χ2v) is 21.3. The van der Waals surface area contributed by atoms with Gasteiger partial charge >= 0.3 is 0 Å². The first kappa shape index (κ1) is 34.8. The molecule has 6 aromatic carbocycles. The average molecular weight is 729 g/mol. The normalized spacial score (nSPS) is 16.3. The van der Waals surface area contributed by atoms with Gasteiger partial charge in [0.15, 0.2) is 0 Å². The maximum absolute atomic E-state index is 2.50. The predicted molar refractivity (Wildman–Crippen MR) is 239 cm³/mol. The zero-order valence-corrected chi connectivity index (χ0v) is 34.0. The van der Waals surface area contributed by atoms with Crippen molar-refractivity contribution in [1.82, 2.24) is 4.57 Å². The first-order chi connectivity index (χ1) is 26.6. The van der Waals surface area contributed by atoms with E-state index in [1.165, 1.54) is 71.9 Å². The van der Waals surface area contributed by atoms with E-state index in [0.29, 0.717) is 0 Å². The summed E-state index contributed by atoms with van der Waals surface area (Å²) >= 11 is 0. The molecule has 0 saturated heterocycles. The second kappa shape index (κ2) is 13.1. The highest BCUT2D eigenvalue weighted by Gasteiger charge is 2.51. The highest BCUT2D eigenvalue weighted by molar-refractivity contribution is 6.88. The van der Waals surface area contributed by atoms with Crippen molar-refractivity contribution in [2.45, 2.75) is 52.8 Å². The van der Waals surface area contributed by atoms with Gasteiger partial charge in [0.25, 0.3) is 0 Å². The molecular weight excluding hydrogens is 681 g/mol. The molecular formula is C52H48N2Si. The van der Waals surface area contributed by atoms with Gasteiger partial charge in [-0.25, -0.2) is 0 Å². The van der Waals surface area contributed by atoms with Gasteiger partial charge < -0.3 is 9.47 Å². The van der Waals surface area contributed by atoms with E-state index in [1.807, 2.05) is 0 Å². The summed E-state index contributed by atoms with van der Waals surface area (Å²) in [6.45, 7) is 16.3. The second-order valence-electron chi connectivity index (χ2n) is 16.2. The Kier molecular flexibility index (Phi) is 8.32. The summed E-state index contributed by atoms with van der Waals surface area (Å²) in [4.78, 5) is 2.48. The Hall–Kier alpha value is -5.90. The monoisotopic (exact) mass is 728 g/mol. The van der Waals surface area contributed by atoms with Crippen molar-refractivity contribution in [1.29, 1.82) is 0 Å². The van der Waals surface area contributed by atoms with Crippen LogP contribution in [0.25, 0.3) is 39.4 Å². The Labute approximate surface area is 327 Å². The highest BCUT2D eigenvalue weighted by atomic mass is 28.3. The molecule has 9 rings (SSSR count). The maximum atomic E-state index is 2.50. The summed E-state index contributed by atoms with van der Waals surface area (Å²) in [5, 5.41) is 2.73. The van der Waals surface area contributed by atoms with E-state index >= 15 is 0 Å². The lowest BCUT2D eigenvalue weighted by Gasteiger charge is -2.33. The molecule has 0 aliphatic heterocycles. The zero-order valence-electron chi connectivity index (χ0n) is 33.0. The molecule has 1 heterocycles. The Morgan fingerprint density at radius 1 is 0.636 bits per heavy atom. The lowest BCUT2D eigenvalue weighted by atomic mass is 9.70. The van der Waals surface area contributed by atoms with E-state index in [2.05, 4.69) is 221 Å². The lowest BCUT2D eigenvalue weighted by molar-refractivity contribution is 0.766. The van der Waals surface area contributed by atoms with Crippen molar-refractivity contribution < 1.29 is 0 Å². The smallest absolute Gasteiger partial charge is 0.0775 e. The molecule has 270 valence electrons. The molecule has 1 unspecified atom stereocenters. The molecule has 0 saturated carbocycles. The maximum Gasteiger partial charge on any atom is 0.0775 e. The molecule has 2 aliphatic carbocycles. The van der Waals surface area contributed by atoms with Crippen LogP contribution in [0.5, 0.6) is 0 Å². The van der Waals surface area contributed by atoms with Crippen molar-refractivity contribution in [3.8, 4) is 16.8 Å². The van der Waals surface area contributed by atoms with E-state index in [9.17, 15) is 0 Å². The molecule has 0 fully saturated rings.